The monoisotopic (exact) mass is 448 g/mol. The number of nitrogens with one attached hydrogen (secondary N) is 2. The second-order valence-electron chi connectivity index (χ2n) is 7.14. The summed E-state index contributed by atoms with van der Waals surface area (Å²) < 4.78 is 36.6. The molecular weight excluding hydrogens is 420 g/mol. The summed E-state index contributed by atoms with van der Waals surface area (Å²) in [4.78, 5) is 25.2. The Labute approximate surface area is 183 Å². The van der Waals surface area contributed by atoms with Crippen LogP contribution >= 0.6 is 0 Å². The van der Waals surface area contributed by atoms with Crippen molar-refractivity contribution < 1.29 is 27.5 Å². The summed E-state index contributed by atoms with van der Waals surface area (Å²) >= 11 is 0. The standard InChI is InChI=1S/C22H28N2O6S/c1-16(30-15-18-12-8-5-9-13-18)20(24-31(3,27)28)21(25)23-19(22(26)29-2)14-17-10-6-4-7-11-17/h4-13,16,19-20,24H,14-15H2,1-3H3,(H,23,25)/t16-,19-,20+/m0/s1. The Hall–Kier alpha value is -2.75. The molecule has 0 bridgehead atoms. The van der Waals surface area contributed by atoms with Crippen LogP contribution in [0.3, 0.4) is 0 Å². The molecule has 1 amide bonds. The molecule has 2 aromatic rings. The van der Waals surface area contributed by atoms with Crippen LogP contribution in [0.2, 0.25) is 0 Å². The molecule has 0 spiro atoms. The molecule has 0 aliphatic rings. The minimum Gasteiger partial charge on any atom is -0.467 e. The zero-order valence-corrected chi connectivity index (χ0v) is 18.6. The Kier molecular flexibility index (Phi) is 9.17. The highest BCUT2D eigenvalue weighted by Gasteiger charge is 2.32. The van der Waals surface area contributed by atoms with E-state index in [2.05, 4.69) is 10.0 Å². The predicted molar refractivity (Wildman–Crippen MR) is 117 cm³/mol. The molecule has 0 aromatic heterocycles. The number of ether oxygens (including phenoxy) is 2. The number of carbonyl (C=O) groups excluding carboxylic acids is 2. The van der Waals surface area contributed by atoms with Crippen LogP contribution in [0.5, 0.6) is 0 Å². The van der Waals surface area contributed by atoms with Gasteiger partial charge >= 0.3 is 5.97 Å². The van der Waals surface area contributed by atoms with Crippen molar-refractivity contribution >= 4 is 21.9 Å². The molecule has 0 saturated heterocycles. The van der Waals surface area contributed by atoms with Crippen molar-refractivity contribution in [2.75, 3.05) is 13.4 Å². The lowest BCUT2D eigenvalue weighted by molar-refractivity contribution is -0.145. The average Bonchev–Trinajstić information content (AvgIpc) is 2.75. The van der Waals surface area contributed by atoms with Crippen molar-refractivity contribution in [1.82, 2.24) is 10.0 Å². The summed E-state index contributed by atoms with van der Waals surface area (Å²) in [6.45, 7) is 1.79. The van der Waals surface area contributed by atoms with E-state index in [1.54, 1.807) is 6.92 Å². The van der Waals surface area contributed by atoms with Crippen molar-refractivity contribution in [2.24, 2.45) is 0 Å². The van der Waals surface area contributed by atoms with Gasteiger partial charge in [0.15, 0.2) is 0 Å². The van der Waals surface area contributed by atoms with E-state index >= 15 is 0 Å². The van der Waals surface area contributed by atoms with Gasteiger partial charge in [-0.1, -0.05) is 60.7 Å². The van der Waals surface area contributed by atoms with E-state index in [-0.39, 0.29) is 13.0 Å². The first kappa shape index (κ1) is 24.5. The molecule has 2 N–H and O–H groups in total. The summed E-state index contributed by atoms with van der Waals surface area (Å²) in [6, 6.07) is 16.2. The van der Waals surface area contributed by atoms with E-state index in [0.717, 1.165) is 17.4 Å². The van der Waals surface area contributed by atoms with E-state index in [0.29, 0.717) is 0 Å². The van der Waals surface area contributed by atoms with Crippen molar-refractivity contribution in [2.45, 2.75) is 38.1 Å². The highest BCUT2D eigenvalue weighted by atomic mass is 32.2. The van der Waals surface area contributed by atoms with E-state index in [9.17, 15) is 18.0 Å². The van der Waals surface area contributed by atoms with Gasteiger partial charge in [-0.05, 0) is 18.1 Å². The van der Waals surface area contributed by atoms with E-state index in [4.69, 9.17) is 9.47 Å². The first-order valence-corrected chi connectivity index (χ1v) is 11.6. The van der Waals surface area contributed by atoms with Gasteiger partial charge in [0, 0.05) is 6.42 Å². The Balaban J connectivity index is 2.14. The predicted octanol–water partition coefficient (Wildman–Crippen LogP) is 1.41. The molecule has 0 aliphatic carbocycles. The third kappa shape index (κ3) is 8.49. The summed E-state index contributed by atoms with van der Waals surface area (Å²) in [7, 11) is -2.50. The van der Waals surface area contributed by atoms with Crippen LogP contribution in [0.1, 0.15) is 18.1 Å². The molecule has 168 valence electrons. The lowest BCUT2D eigenvalue weighted by atomic mass is 10.0. The Morgan fingerprint density at radius 1 is 0.968 bits per heavy atom. The number of carbonyl (C=O) groups is 2. The van der Waals surface area contributed by atoms with Crippen molar-refractivity contribution in [3.05, 3.63) is 71.8 Å². The van der Waals surface area contributed by atoms with Crippen molar-refractivity contribution in [1.29, 1.82) is 0 Å². The maximum atomic E-state index is 13.0. The van der Waals surface area contributed by atoms with Crippen LogP contribution < -0.4 is 10.0 Å². The average molecular weight is 449 g/mol. The lowest BCUT2D eigenvalue weighted by Crippen LogP contribution is -2.56. The molecule has 9 heteroatoms. The summed E-state index contributed by atoms with van der Waals surface area (Å²) in [5.74, 6) is -1.31. The van der Waals surface area contributed by atoms with Crippen molar-refractivity contribution in [3.63, 3.8) is 0 Å². The zero-order valence-electron chi connectivity index (χ0n) is 17.8. The van der Waals surface area contributed by atoms with E-state index < -0.39 is 40.1 Å². The van der Waals surface area contributed by atoms with Crippen LogP contribution in [0.25, 0.3) is 0 Å². The van der Waals surface area contributed by atoms with Gasteiger partial charge in [0.1, 0.15) is 12.1 Å². The number of sulfonamides is 1. The van der Waals surface area contributed by atoms with Crippen molar-refractivity contribution in [3.8, 4) is 0 Å². The third-order valence-corrected chi connectivity index (χ3v) is 5.22. The molecule has 2 rings (SSSR count). The minimum absolute atomic E-state index is 0.196. The molecule has 0 heterocycles. The smallest absolute Gasteiger partial charge is 0.328 e. The maximum Gasteiger partial charge on any atom is 0.328 e. The zero-order chi connectivity index (χ0) is 22.9. The number of hydrogen-bond acceptors (Lipinski definition) is 6. The number of amides is 1. The van der Waals surface area contributed by atoms with Gasteiger partial charge in [-0.2, -0.15) is 0 Å². The van der Waals surface area contributed by atoms with Gasteiger partial charge in [-0.25, -0.2) is 17.9 Å². The van der Waals surface area contributed by atoms with Crippen LogP contribution in [-0.2, 0) is 42.1 Å². The highest BCUT2D eigenvalue weighted by molar-refractivity contribution is 7.88. The first-order valence-electron chi connectivity index (χ1n) is 9.74. The maximum absolute atomic E-state index is 13.0. The fraction of sp³-hybridized carbons (Fsp3) is 0.364. The molecule has 0 radical (unpaired) electrons. The van der Waals surface area contributed by atoms with Gasteiger partial charge in [0.25, 0.3) is 0 Å². The number of hydrogen-bond donors (Lipinski definition) is 2. The van der Waals surface area contributed by atoms with Gasteiger partial charge in [-0.15, -0.1) is 0 Å². The molecule has 8 nitrogen and oxygen atoms in total. The normalized spacial score (nSPS) is 14.3. The first-order chi connectivity index (χ1) is 14.7. The van der Waals surface area contributed by atoms with Crippen LogP contribution in [0.4, 0.5) is 0 Å². The molecular formula is C22H28N2O6S. The molecule has 0 fully saturated rings. The minimum atomic E-state index is -3.72. The van der Waals surface area contributed by atoms with Gasteiger partial charge in [-0.3, -0.25) is 4.79 Å². The molecule has 0 unspecified atom stereocenters. The van der Waals surface area contributed by atoms with Gasteiger partial charge < -0.3 is 14.8 Å². The third-order valence-electron chi connectivity index (χ3n) is 4.53. The summed E-state index contributed by atoms with van der Waals surface area (Å²) in [5.41, 5.74) is 1.70. The van der Waals surface area contributed by atoms with Gasteiger partial charge in [0.2, 0.25) is 15.9 Å². The lowest BCUT2D eigenvalue weighted by Gasteiger charge is -2.26. The molecule has 31 heavy (non-hydrogen) atoms. The Morgan fingerprint density at radius 2 is 1.52 bits per heavy atom. The van der Waals surface area contributed by atoms with Crippen LogP contribution in [0, 0.1) is 0 Å². The Morgan fingerprint density at radius 3 is 2.03 bits per heavy atom. The molecule has 0 aliphatic heterocycles. The summed E-state index contributed by atoms with van der Waals surface area (Å²) in [5, 5.41) is 2.60. The number of methoxy groups -OCH3 is 1. The summed E-state index contributed by atoms with van der Waals surface area (Å²) in [6.07, 6.45) is 0.355. The number of benzene rings is 2. The topological polar surface area (TPSA) is 111 Å². The second-order valence-corrected chi connectivity index (χ2v) is 8.92. The molecule has 2 aromatic carbocycles. The largest absolute Gasteiger partial charge is 0.467 e. The quantitative estimate of drug-likeness (QED) is 0.503. The fourth-order valence-electron chi connectivity index (χ4n) is 2.94. The second kappa shape index (κ2) is 11.6. The number of esters is 1. The van der Waals surface area contributed by atoms with Crippen LogP contribution in [0.15, 0.2) is 60.7 Å². The Bertz CT molecular complexity index is 950. The highest BCUT2D eigenvalue weighted by Crippen LogP contribution is 2.10. The molecule has 3 atom stereocenters. The van der Waals surface area contributed by atoms with E-state index in [1.165, 1.54) is 7.11 Å². The SMILES string of the molecule is COC(=O)[C@H](Cc1ccccc1)NC(=O)[C@H](NS(C)(=O)=O)[C@H](C)OCc1ccccc1. The van der Waals surface area contributed by atoms with Gasteiger partial charge in [0.05, 0.1) is 26.1 Å². The fourth-order valence-corrected chi connectivity index (χ4v) is 3.70. The number of rotatable bonds is 11. The van der Waals surface area contributed by atoms with E-state index in [1.807, 2.05) is 60.7 Å². The van der Waals surface area contributed by atoms with Crippen LogP contribution in [-0.4, -0.2) is 51.8 Å². The molecule has 0 saturated carbocycles.